The lowest BCUT2D eigenvalue weighted by atomic mass is 9.84. The summed E-state index contributed by atoms with van der Waals surface area (Å²) in [6.07, 6.45) is 2.26. The Morgan fingerprint density at radius 3 is 2.50 bits per heavy atom. The van der Waals surface area contributed by atoms with Crippen LogP contribution in [0.15, 0.2) is 59.3 Å². The molecule has 0 radical (unpaired) electrons. The molecule has 0 unspecified atom stereocenters. The summed E-state index contributed by atoms with van der Waals surface area (Å²) in [5, 5.41) is 6.90. The summed E-state index contributed by atoms with van der Waals surface area (Å²) in [4.78, 5) is 20.4. The number of carbonyl (C=O) groups excluding carboxylic acids is 1. The van der Waals surface area contributed by atoms with E-state index in [2.05, 4.69) is 10.5 Å². The number of carbonyl (C=O) groups is 1. The first-order valence-electron chi connectivity index (χ1n) is 13.3. The molecule has 0 saturated heterocycles. The summed E-state index contributed by atoms with van der Waals surface area (Å²) < 4.78 is 36.2. The highest BCUT2D eigenvalue weighted by Crippen LogP contribution is 2.40. The average Bonchev–Trinajstić information content (AvgIpc) is 3.45. The van der Waals surface area contributed by atoms with Gasteiger partial charge in [-0.15, -0.1) is 0 Å². The quantitative estimate of drug-likeness (QED) is 0.249. The van der Waals surface area contributed by atoms with Gasteiger partial charge < -0.3 is 25.0 Å². The molecule has 0 bridgehead atoms. The van der Waals surface area contributed by atoms with Crippen LogP contribution in [0.3, 0.4) is 0 Å². The van der Waals surface area contributed by atoms with Gasteiger partial charge in [0, 0.05) is 24.8 Å². The van der Waals surface area contributed by atoms with Crippen molar-refractivity contribution in [2.45, 2.75) is 53.6 Å². The third kappa shape index (κ3) is 6.39. The van der Waals surface area contributed by atoms with Gasteiger partial charge in [-0.2, -0.15) is 0 Å². The van der Waals surface area contributed by atoms with Crippen molar-refractivity contribution < 1.29 is 18.1 Å². The van der Waals surface area contributed by atoms with Gasteiger partial charge in [-0.3, -0.25) is 0 Å². The molecule has 1 atom stereocenters. The predicted molar refractivity (Wildman–Crippen MR) is 151 cm³/mol. The Kier molecular flexibility index (Phi) is 8.68. The molecular weight excluding hydrogens is 514 g/mol. The van der Waals surface area contributed by atoms with Crippen LogP contribution in [0, 0.1) is 30.9 Å². The highest BCUT2D eigenvalue weighted by molar-refractivity contribution is 5.90. The van der Waals surface area contributed by atoms with Crippen molar-refractivity contribution in [1.29, 1.82) is 0 Å². The first kappa shape index (κ1) is 28.9. The number of urea groups is 1. The molecular formula is C30H36F2N6O2. The van der Waals surface area contributed by atoms with Crippen molar-refractivity contribution in [1.82, 2.24) is 19.6 Å². The van der Waals surface area contributed by atoms with E-state index in [9.17, 15) is 13.6 Å². The van der Waals surface area contributed by atoms with Gasteiger partial charge in [0.1, 0.15) is 28.8 Å². The minimum absolute atomic E-state index is 0.0504. The van der Waals surface area contributed by atoms with Crippen LogP contribution in [-0.4, -0.2) is 38.7 Å². The second kappa shape index (κ2) is 12.0. The number of anilines is 1. The zero-order valence-electron chi connectivity index (χ0n) is 23.5. The number of aryl methyl sites for hydroxylation is 2. The van der Waals surface area contributed by atoms with Crippen LogP contribution in [0.2, 0.25) is 0 Å². The van der Waals surface area contributed by atoms with Gasteiger partial charge >= 0.3 is 6.03 Å². The van der Waals surface area contributed by atoms with E-state index in [-0.39, 0.29) is 17.3 Å². The summed E-state index contributed by atoms with van der Waals surface area (Å²) in [7, 11) is 0. The minimum Gasteiger partial charge on any atom is -0.359 e. The molecule has 4 aromatic rings. The number of nitrogens with zero attached hydrogens (tertiary/aromatic N) is 4. The topological polar surface area (TPSA) is 102 Å². The number of rotatable bonds is 9. The van der Waals surface area contributed by atoms with E-state index in [0.717, 1.165) is 23.8 Å². The number of hydrogen-bond donors (Lipinski definition) is 2. The molecule has 0 aliphatic heterocycles. The van der Waals surface area contributed by atoms with Gasteiger partial charge in [-0.25, -0.2) is 18.6 Å². The second-order valence-electron chi connectivity index (χ2n) is 11.0. The highest BCUT2D eigenvalue weighted by Gasteiger charge is 2.39. The van der Waals surface area contributed by atoms with Crippen LogP contribution in [0.25, 0.3) is 11.3 Å². The Morgan fingerprint density at radius 2 is 1.88 bits per heavy atom. The first-order chi connectivity index (χ1) is 19.0. The molecule has 2 amide bonds. The SMILES string of the molecule is Cc1noc(C)c1NC(=O)N(CCCN)[C@@H](c1nc(-c2cc(F)ccc2F)cn1Cc1ccccc1)C(C)(C)C. The van der Waals surface area contributed by atoms with Gasteiger partial charge in [0.2, 0.25) is 0 Å². The molecule has 0 aliphatic rings. The Labute approximate surface area is 233 Å². The fourth-order valence-corrected chi connectivity index (χ4v) is 4.82. The molecule has 0 spiro atoms. The summed E-state index contributed by atoms with van der Waals surface area (Å²) in [5.41, 5.74) is 7.75. The molecule has 0 saturated carbocycles. The van der Waals surface area contributed by atoms with Crippen molar-refractivity contribution >= 4 is 11.7 Å². The maximum absolute atomic E-state index is 14.9. The Hall–Kier alpha value is -4.05. The van der Waals surface area contributed by atoms with Crippen molar-refractivity contribution in [3.05, 3.63) is 89.2 Å². The van der Waals surface area contributed by atoms with Crippen LogP contribution < -0.4 is 11.1 Å². The smallest absolute Gasteiger partial charge is 0.322 e. The van der Waals surface area contributed by atoms with E-state index in [1.54, 1.807) is 24.9 Å². The summed E-state index contributed by atoms with van der Waals surface area (Å²) in [6.45, 7) is 10.7. The molecule has 0 aliphatic carbocycles. The summed E-state index contributed by atoms with van der Waals surface area (Å²) in [6, 6.07) is 12.1. The fraction of sp³-hybridized carbons (Fsp3) is 0.367. The summed E-state index contributed by atoms with van der Waals surface area (Å²) >= 11 is 0. The van der Waals surface area contributed by atoms with Gasteiger partial charge in [0.15, 0.2) is 5.76 Å². The molecule has 2 heterocycles. The normalized spacial score (nSPS) is 12.4. The van der Waals surface area contributed by atoms with Crippen molar-refractivity contribution in [2.75, 3.05) is 18.4 Å². The molecule has 0 fully saturated rings. The molecule has 4 rings (SSSR count). The lowest BCUT2D eigenvalue weighted by Gasteiger charge is -2.40. The molecule has 40 heavy (non-hydrogen) atoms. The largest absolute Gasteiger partial charge is 0.359 e. The van der Waals surface area contributed by atoms with Crippen molar-refractivity contribution in [3.8, 4) is 11.3 Å². The third-order valence-electron chi connectivity index (χ3n) is 6.71. The number of hydrogen-bond acceptors (Lipinski definition) is 5. The Bertz CT molecular complexity index is 1440. The standard InChI is InChI=1S/C30H36F2N6O2/c1-19-26(20(2)40-36-19)35-29(39)38(15-9-14-33)27(30(3,4)5)28-34-25(23-16-22(31)12-13-24(23)32)18-37(28)17-21-10-7-6-8-11-21/h6-8,10-13,16,18,27H,9,14-15,17,33H2,1-5H3,(H,35,39)/t27-/m0/s1. The molecule has 10 heteroatoms. The average molecular weight is 551 g/mol. The van der Waals surface area contributed by atoms with Gasteiger partial charge in [0.25, 0.3) is 0 Å². The van der Waals surface area contributed by atoms with Crippen molar-refractivity contribution in [3.63, 3.8) is 0 Å². The van der Waals surface area contributed by atoms with E-state index in [1.807, 2.05) is 55.7 Å². The highest BCUT2D eigenvalue weighted by atomic mass is 19.1. The van der Waals surface area contributed by atoms with Crippen LogP contribution in [0.4, 0.5) is 19.3 Å². The molecule has 3 N–H and O–H groups in total. The van der Waals surface area contributed by atoms with Gasteiger partial charge in [-0.1, -0.05) is 56.3 Å². The van der Waals surface area contributed by atoms with E-state index in [0.29, 0.717) is 49.0 Å². The lowest BCUT2D eigenvalue weighted by Crippen LogP contribution is -2.45. The van der Waals surface area contributed by atoms with Crippen molar-refractivity contribution in [2.24, 2.45) is 11.1 Å². The van der Waals surface area contributed by atoms with Crippen LogP contribution in [0.1, 0.15) is 56.1 Å². The zero-order chi connectivity index (χ0) is 29.0. The van der Waals surface area contributed by atoms with Gasteiger partial charge in [0.05, 0.1) is 11.7 Å². The molecule has 8 nitrogen and oxygen atoms in total. The maximum atomic E-state index is 14.9. The molecule has 2 aromatic heterocycles. The zero-order valence-corrected chi connectivity index (χ0v) is 23.5. The predicted octanol–water partition coefficient (Wildman–Crippen LogP) is 6.45. The fourth-order valence-electron chi connectivity index (χ4n) is 4.82. The number of imidazole rings is 1. The van der Waals surface area contributed by atoms with E-state index in [1.165, 1.54) is 0 Å². The number of benzene rings is 2. The van der Waals surface area contributed by atoms with E-state index >= 15 is 0 Å². The Morgan fingerprint density at radius 1 is 1.15 bits per heavy atom. The van der Waals surface area contributed by atoms with E-state index < -0.39 is 23.1 Å². The van der Waals surface area contributed by atoms with Crippen LogP contribution in [0.5, 0.6) is 0 Å². The monoisotopic (exact) mass is 550 g/mol. The minimum atomic E-state index is -0.583. The van der Waals surface area contributed by atoms with Crippen LogP contribution >= 0.6 is 0 Å². The number of aromatic nitrogens is 3. The van der Waals surface area contributed by atoms with Gasteiger partial charge in [-0.05, 0) is 56.0 Å². The van der Waals surface area contributed by atoms with Crippen LogP contribution in [-0.2, 0) is 6.54 Å². The summed E-state index contributed by atoms with van der Waals surface area (Å²) in [5.74, 6) is -0.112. The molecule has 2 aromatic carbocycles. The molecule has 212 valence electrons. The maximum Gasteiger partial charge on any atom is 0.322 e. The number of halogens is 2. The first-order valence-corrected chi connectivity index (χ1v) is 13.3. The second-order valence-corrected chi connectivity index (χ2v) is 11.0. The van der Waals surface area contributed by atoms with E-state index in [4.69, 9.17) is 15.2 Å². The number of nitrogens with two attached hydrogens (primary N) is 1. The lowest BCUT2D eigenvalue weighted by molar-refractivity contribution is 0.116. The Balaban J connectivity index is 1.86. The number of amides is 2. The number of nitrogens with one attached hydrogen (secondary N) is 1. The third-order valence-corrected chi connectivity index (χ3v) is 6.71.